The Kier molecular flexibility index (Phi) is 2.57. The monoisotopic (exact) mass is 247 g/mol. The smallest absolute Gasteiger partial charge is 0.137 e. The molecule has 19 heavy (non-hydrogen) atoms. The molecule has 0 unspecified atom stereocenters. The molecule has 3 heteroatoms. The predicted octanol–water partition coefficient (Wildman–Crippen LogP) is 3.49. The minimum absolute atomic E-state index is 0.636. The molecule has 0 aliphatic heterocycles. The molecule has 3 rings (SSSR count). The molecule has 3 nitrogen and oxygen atoms in total. The van der Waals surface area contributed by atoms with Gasteiger partial charge in [0.05, 0.1) is 11.3 Å². The van der Waals surface area contributed by atoms with Crippen LogP contribution in [0.5, 0.6) is 0 Å². The van der Waals surface area contributed by atoms with Gasteiger partial charge in [-0.25, -0.2) is 4.98 Å². The topological polar surface area (TPSA) is 41.1 Å². The van der Waals surface area contributed by atoms with Crippen molar-refractivity contribution in [2.24, 2.45) is 0 Å². The maximum absolute atomic E-state index is 8.91. The molecule has 0 fully saturated rings. The van der Waals surface area contributed by atoms with Crippen molar-refractivity contribution in [1.29, 1.82) is 5.26 Å². The first-order chi connectivity index (χ1) is 9.17. The van der Waals surface area contributed by atoms with Crippen LogP contribution in [0.15, 0.2) is 42.7 Å². The number of pyridine rings is 1. The predicted molar refractivity (Wildman–Crippen MR) is 74.8 cm³/mol. The van der Waals surface area contributed by atoms with Crippen LogP contribution in [-0.4, -0.2) is 9.38 Å². The fourth-order valence-corrected chi connectivity index (χ4v) is 2.29. The van der Waals surface area contributed by atoms with Crippen molar-refractivity contribution in [1.82, 2.24) is 9.38 Å². The maximum Gasteiger partial charge on any atom is 0.137 e. The molecule has 0 N–H and O–H groups in total. The van der Waals surface area contributed by atoms with E-state index in [4.69, 9.17) is 5.26 Å². The minimum atomic E-state index is 0.636. The normalized spacial score (nSPS) is 10.6. The fraction of sp³-hybridized carbons (Fsp3) is 0.125. The number of rotatable bonds is 1. The second kappa shape index (κ2) is 4.25. The van der Waals surface area contributed by atoms with Crippen molar-refractivity contribution < 1.29 is 0 Å². The van der Waals surface area contributed by atoms with E-state index in [9.17, 15) is 0 Å². The summed E-state index contributed by atoms with van der Waals surface area (Å²) in [5, 5.41) is 8.91. The molecule has 0 atom stereocenters. The van der Waals surface area contributed by atoms with Gasteiger partial charge in [0.15, 0.2) is 0 Å². The Morgan fingerprint density at radius 3 is 2.68 bits per heavy atom. The number of imidazole rings is 1. The molecule has 0 aliphatic carbocycles. The molecule has 3 aromatic rings. The highest BCUT2D eigenvalue weighted by molar-refractivity contribution is 5.66. The zero-order valence-electron chi connectivity index (χ0n) is 10.9. The molecule has 92 valence electrons. The van der Waals surface area contributed by atoms with Crippen molar-refractivity contribution in [2.75, 3.05) is 0 Å². The third-order valence-electron chi connectivity index (χ3n) is 3.24. The van der Waals surface area contributed by atoms with Crippen molar-refractivity contribution in [2.45, 2.75) is 13.8 Å². The van der Waals surface area contributed by atoms with Crippen LogP contribution in [0.2, 0.25) is 0 Å². The molecule has 0 saturated carbocycles. The van der Waals surface area contributed by atoms with Crippen molar-refractivity contribution in [3.8, 4) is 17.3 Å². The lowest BCUT2D eigenvalue weighted by molar-refractivity contribution is 1.17. The van der Waals surface area contributed by atoms with E-state index in [1.54, 1.807) is 12.3 Å². The van der Waals surface area contributed by atoms with E-state index in [-0.39, 0.29) is 0 Å². The van der Waals surface area contributed by atoms with Crippen LogP contribution in [0.3, 0.4) is 0 Å². The van der Waals surface area contributed by atoms with E-state index in [1.165, 1.54) is 11.1 Å². The number of hydrogen-bond acceptors (Lipinski definition) is 2. The van der Waals surface area contributed by atoms with Crippen LogP contribution in [0.25, 0.3) is 16.9 Å². The number of aryl methyl sites for hydroxylation is 2. The summed E-state index contributed by atoms with van der Waals surface area (Å²) >= 11 is 0. The molecule has 1 aromatic carbocycles. The van der Waals surface area contributed by atoms with Gasteiger partial charge in [0.1, 0.15) is 11.7 Å². The molecule has 2 aromatic heterocycles. The SMILES string of the molecule is Cc1ccc(-c2cn3cc(C#N)ccc3n2)c(C)c1. The zero-order valence-corrected chi connectivity index (χ0v) is 10.9. The molecular weight excluding hydrogens is 234 g/mol. The first-order valence-electron chi connectivity index (χ1n) is 6.14. The van der Waals surface area contributed by atoms with Gasteiger partial charge in [-0.2, -0.15) is 5.26 Å². The van der Waals surface area contributed by atoms with Gasteiger partial charge < -0.3 is 4.40 Å². The minimum Gasteiger partial charge on any atom is -0.305 e. The summed E-state index contributed by atoms with van der Waals surface area (Å²) in [6, 6.07) is 12.1. The lowest BCUT2D eigenvalue weighted by Crippen LogP contribution is -1.84. The van der Waals surface area contributed by atoms with E-state index in [2.05, 4.69) is 43.1 Å². The molecule has 0 spiro atoms. The lowest BCUT2D eigenvalue weighted by Gasteiger charge is -2.02. The third-order valence-corrected chi connectivity index (χ3v) is 3.24. The second-order valence-electron chi connectivity index (χ2n) is 4.74. The largest absolute Gasteiger partial charge is 0.305 e. The fourth-order valence-electron chi connectivity index (χ4n) is 2.29. The van der Waals surface area contributed by atoms with Crippen molar-refractivity contribution >= 4 is 5.65 Å². The van der Waals surface area contributed by atoms with E-state index in [1.807, 2.05) is 16.7 Å². The van der Waals surface area contributed by atoms with Gasteiger partial charge in [-0.15, -0.1) is 0 Å². The summed E-state index contributed by atoms with van der Waals surface area (Å²) < 4.78 is 1.90. The van der Waals surface area contributed by atoms with E-state index >= 15 is 0 Å². The van der Waals surface area contributed by atoms with Crippen LogP contribution in [0.4, 0.5) is 0 Å². The summed E-state index contributed by atoms with van der Waals surface area (Å²) in [6.45, 7) is 4.17. The summed E-state index contributed by atoms with van der Waals surface area (Å²) in [7, 11) is 0. The first-order valence-corrected chi connectivity index (χ1v) is 6.14. The number of aromatic nitrogens is 2. The number of nitriles is 1. The van der Waals surface area contributed by atoms with Crippen LogP contribution in [0, 0.1) is 25.2 Å². The Balaban J connectivity index is 2.18. The Morgan fingerprint density at radius 1 is 1.11 bits per heavy atom. The van der Waals surface area contributed by atoms with Gasteiger partial charge >= 0.3 is 0 Å². The Bertz CT molecular complexity index is 806. The highest BCUT2D eigenvalue weighted by Crippen LogP contribution is 2.24. The van der Waals surface area contributed by atoms with Crippen LogP contribution in [-0.2, 0) is 0 Å². The third kappa shape index (κ3) is 1.98. The lowest BCUT2D eigenvalue weighted by atomic mass is 10.0. The summed E-state index contributed by atoms with van der Waals surface area (Å²) in [5.41, 5.74) is 6.02. The van der Waals surface area contributed by atoms with Gasteiger partial charge in [-0.05, 0) is 31.5 Å². The summed E-state index contributed by atoms with van der Waals surface area (Å²) in [5.74, 6) is 0. The van der Waals surface area contributed by atoms with Crippen LogP contribution < -0.4 is 0 Å². The van der Waals surface area contributed by atoms with E-state index < -0.39 is 0 Å². The first kappa shape index (κ1) is 11.5. The number of hydrogen-bond donors (Lipinski definition) is 0. The standard InChI is InChI=1S/C16H13N3/c1-11-3-5-14(12(2)7-11)15-10-19-9-13(8-17)4-6-16(19)18-15/h3-7,9-10H,1-2H3. The Labute approximate surface area is 111 Å². The molecule has 0 bridgehead atoms. The molecule has 0 radical (unpaired) electrons. The summed E-state index contributed by atoms with van der Waals surface area (Å²) in [6.07, 6.45) is 3.77. The Morgan fingerprint density at radius 2 is 1.95 bits per heavy atom. The highest BCUT2D eigenvalue weighted by atomic mass is 15.0. The number of nitrogens with zero attached hydrogens (tertiary/aromatic N) is 3. The molecule has 0 aliphatic rings. The van der Waals surface area contributed by atoms with Gasteiger partial charge in [-0.1, -0.05) is 23.8 Å². The molecule has 0 amide bonds. The number of fused-ring (bicyclic) bond motifs is 1. The van der Waals surface area contributed by atoms with E-state index in [0.29, 0.717) is 5.56 Å². The summed E-state index contributed by atoms with van der Waals surface area (Å²) in [4.78, 5) is 4.60. The van der Waals surface area contributed by atoms with Gasteiger partial charge in [0.25, 0.3) is 0 Å². The average Bonchev–Trinajstić information content (AvgIpc) is 2.80. The molecule has 2 heterocycles. The Hall–Kier alpha value is -2.60. The van der Waals surface area contributed by atoms with Gasteiger partial charge in [-0.3, -0.25) is 0 Å². The van der Waals surface area contributed by atoms with Crippen LogP contribution in [0.1, 0.15) is 16.7 Å². The molecular formula is C16H13N3. The maximum atomic E-state index is 8.91. The van der Waals surface area contributed by atoms with Crippen LogP contribution >= 0.6 is 0 Å². The van der Waals surface area contributed by atoms with Gasteiger partial charge in [0.2, 0.25) is 0 Å². The van der Waals surface area contributed by atoms with Crippen molar-refractivity contribution in [3.63, 3.8) is 0 Å². The average molecular weight is 247 g/mol. The number of benzene rings is 1. The van der Waals surface area contributed by atoms with Crippen molar-refractivity contribution in [3.05, 3.63) is 59.4 Å². The highest BCUT2D eigenvalue weighted by Gasteiger charge is 2.07. The molecule has 0 saturated heterocycles. The van der Waals surface area contributed by atoms with E-state index in [0.717, 1.165) is 16.9 Å². The quantitative estimate of drug-likeness (QED) is 0.660. The van der Waals surface area contributed by atoms with Gasteiger partial charge in [0, 0.05) is 18.0 Å². The second-order valence-corrected chi connectivity index (χ2v) is 4.74. The zero-order chi connectivity index (χ0) is 13.4.